The van der Waals surface area contributed by atoms with Crippen LogP contribution in [0.1, 0.15) is 31.7 Å². The molecule has 5 nitrogen and oxygen atoms in total. The van der Waals surface area contributed by atoms with Crippen molar-refractivity contribution in [3.63, 3.8) is 0 Å². The van der Waals surface area contributed by atoms with Gasteiger partial charge in [0.05, 0.1) is 0 Å². The van der Waals surface area contributed by atoms with Crippen molar-refractivity contribution < 1.29 is 5.11 Å². The zero-order valence-electron chi connectivity index (χ0n) is 12.1. The molecule has 1 saturated carbocycles. The molecule has 1 heterocycles. The van der Waals surface area contributed by atoms with Crippen LogP contribution in [-0.4, -0.2) is 14.7 Å². The molecule has 2 aromatic rings. The van der Waals surface area contributed by atoms with Gasteiger partial charge in [-0.05, 0) is 38.7 Å². The Morgan fingerprint density at radius 1 is 1.19 bits per heavy atom. The number of nitrogens with one attached hydrogen (secondary N) is 1. The van der Waals surface area contributed by atoms with Gasteiger partial charge in [-0.25, -0.2) is 4.79 Å². The third kappa shape index (κ3) is 2.09. The van der Waals surface area contributed by atoms with Crippen molar-refractivity contribution >= 4 is 0 Å². The maximum Gasteiger partial charge on any atom is 0.331 e. The Kier molecular flexibility index (Phi) is 3.01. The molecule has 0 amide bonds. The number of benzene rings is 1. The van der Waals surface area contributed by atoms with Gasteiger partial charge in [0, 0.05) is 5.54 Å². The molecule has 0 saturated heterocycles. The van der Waals surface area contributed by atoms with Crippen molar-refractivity contribution in [2.75, 3.05) is 0 Å². The summed E-state index contributed by atoms with van der Waals surface area (Å²) in [6, 6.07) is 7.29. The second kappa shape index (κ2) is 4.62. The summed E-state index contributed by atoms with van der Waals surface area (Å²) in [5, 5.41) is 10.5. The standard InChI is InChI=1S/C16H18N2O3/c1-10-4-6-11(7-5-10)12-13(19)17-15(21)18(14(12)20)16(2)8-3-9-16/h4-7,20H,3,8-9H2,1-2H3,(H,17,19,21). The molecule has 1 aliphatic carbocycles. The highest BCUT2D eigenvalue weighted by Gasteiger charge is 2.37. The van der Waals surface area contributed by atoms with E-state index in [1.165, 1.54) is 4.57 Å². The van der Waals surface area contributed by atoms with Crippen LogP contribution in [0.3, 0.4) is 0 Å². The van der Waals surface area contributed by atoms with Crippen molar-refractivity contribution in [2.24, 2.45) is 0 Å². The molecule has 0 unspecified atom stereocenters. The highest BCUT2D eigenvalue weighted by molar-refractivity contribution is 5.67. The summed E-state index contributed by atoms with van der Waals surface area (Å²) in [6.07, 6.45) is 2.65. The maximum absolute atomic E-state index is 12.1. The maximum atomic E-state index is 12.1. The smallest absolute Gasteiger partial charge is 0.331 e. The SMILES string of the molecule is Cc1ccc(-c2c(O)n(C3(C)CCC3)c(=O)[nH]c2=O)cc1. The van der Waals surface area contributed by atoms with Crippen LogP contribution >= 0.6 is 0 Å². The van der Waals surface area contributed by atoms with E-state index in [0.29, 0.717) is 5.56 Å². The lowest BCUT2D eigenvalue weighted by molar-refractivity contribution is 0.144. The molecular formula is C16H18N2O3. The van der Waals surface area contributed by atoms with E-state index in [4.69, 9.17) is 0 Å². The monoisotopic (exact) mass is 286 g/mol. The summed E-state index contributed by atoms with van der Waals surface area (Å²) in [5.41, 5.74) is 0.314. The predicted molar refractivity (Wildman–Crippen MR) is 80.7 cm³/mol. The number of nitrogens with zero attached hydrogens (tertiary/aromatic N) is 1. The second-order valence-electron chi connectivity index (χ2n) is 6.01. The molecule has 0 bridgehead atoms. The van der Waals surface area contributed by atoms with Crippen molar-refractivity contribution in [1.82, 2.24) is 9.55 Å². The van der Waals surface area contributed by atoms with E-state index in [2.05, 4.69) is 4.98 Å². The van der Waals surface area contributed by atoms with Crippen LogP contribution in [0.25, 0.3) is 11.1 Å². The number of aromatic nitrogens is 2. The van der Waals surface area contributed by atoms with E-state index in [0.717, 1.165) is 24.8 Å². The molecule has 21 heavy (non-hydrogen) atoms. The van der Waals surface area contributed by atoms with Gasteiger partial charge in [-0.15, -0.1) is 0 Å². The molecule has 1 aromatic heterocycles. The molecule has 0 spiro atoms. The van der Waals surface area contributed by atoms with Gasteiger partial charge in [-0.2, -0.15) is 0 Å². The van der Waals surface area contributed by atoms with E-state index in [1.807, 2.05) is 26.0 Å². The number of aryl methyl sites for hydroxylation is 1. The molecule has 110 valence electrons. The Labute approximate surface area is 121 Å². The number of H-pyrrole nitrogens is 1. The first kappa shape index (κ1) is 13.7. The van der Waals surface area contributed by atoms with E-state index in [1.54, 1.807) is 12.1 Å². The van der Waals surface area contributed by atoms with Crippen molar-refractivity contribution in [2.45, 2.75) is 38.6 Å². The van der Waals surface area contributed by atoms with Crippen molar-refractivity contribution in [3.05, 3.63) is 50.7 Å². The second-order valence-corrected chi connectivity index (χ2v) is 6.01. The average molecular weight is 286 g/mol. The average Bonchev–Trinajstić information content (AvgIpc) is 2.38. The minimum Gasteiger partial charge on any atom is -0.494 e. The molecule has 1 fully saturated rings. The fraction of sp³-hybridized carbons (Fsp3) is 0.375. The van der Waals surface area contributed by atoms with Crippen LogP contribution in [0.4, 0.5) is 0 Å². The third-order valence-corrected chi connectivity index (χ3v) is 4.40. The summed E-state index contributed by atoms with van der Waals surface area (Å²) in [7, 11) is 0. The van der Waals surface area contributed by atoms with Gasteiger partial charge in [-0.1, -0.05) is 29.8 Å². The summed E-state index contributed by atoms with van der Waals surface area (Å²) in [6.45, 7) is 3.87. The van der Waals surface area contributed by atoms with Crippen LogP contribution in [0.15, 0.2) is 33.9 Å². The van der Waals surface area contributed by atoms with Gasteiger partial charge in [0.1, 0.15) is 5.56 Å². The lowest BCUT2D eigenvalue weighted by Gasteiger charge is -2.40. The molecule has 2 N–H and O–H groups in total. The van der Waals surface area contributed by atoms with Gasteiger partial charge in [0.25, 0.3) is 5.56 Å². The fourth-order valence-electron chi connectivity index (χ4n) is 2.92. The van der Waals surface area contributed by atoms with E-state index >= 15 is 0 Å². The Morgan fingerprint density at radius 2 is 1.81 bits per heavy atom. The van der Waals surface area contributed by atoms with Crippen LogP contribution in [0.2, 0.25) is 0 Å². The molecule has 5 heteroatoms. The summed E-state index contributed by atoms with van der Waals surface area (Å²) < 4.78 is 1.33. The van der Waals surface area contributed by atoms with Gasteiger partial charge in [0.2, 0.25) is 5.88 Å². The minimum atomic E-state index is -0.555. The number of aromatic amines is 1. The lowest BCUT2D eigenvalue weighted by Crippen LogP contribution is -2.46. The van der Waals surface area contributed by atoms with E-state index < -0.39 is 16.8 Å². The van der Waals surface area contributed by atoms with Crippen LogP contribution < -0.4 is 11.2 Å². The number of aromatic hydroxyl groups is 1. The normalized spacial score (nSPS) is 16.5. The molecule has 0 radical (unpaired) electrons. The quantitative estimate of drug-likeness (QED) is 0.888. The van der Waals surface area contributed by atoms with E-state index in [9.17, 15) is 14.7 Å². The molecule has 3 rings (SSSR count). The predicted octanol–water partition coefficient (Wildman–Crippen LogP) is 2.12. The summed E-state index contributed by atoms with van der Waals surface area (Å²) in [5.74, 6) is -0.241. The zero-order chi connectivity index (χ0) is 15.2. The van der Waals surface area contributed by atoms with Crippen LogP contribution in [0.5, 0.6) is 5.88 Å². The van der Waals surface area contributed by atoms with Gasteiger partial charge >= 0.3 is 5.69 Å². The largest absolute Gasteiger partial charge is 0.494 e. The molecular weight excluding hydrogens is 268 g/mol. The van der Waals surface area contributed by atoms with Crippen molar-refractivity contribution in [1.29, 1.82) is 0 Å². The topological polar surface area (TPSA) is 75.1 Å². The summed E-state index contributed by atoms with van der Waals surface area (Å²) >= 11 is 0. The first-order chi connectivity index (χ1) is 9.92. The Bertz CT molecular complexity index is 796. The van der Waals surface area contributed by atoms with Gasteiger partial charge in [-0.3, -0.25) is 14.3 Å². The highest BCUT2D eigenvalue weighted by atomic mass is 16.3. The number of rotatable bonds is 2. The third-order valence-electron chi connectivity index (χ3n) is 4.40. The Balaban J connectivity index is 2.26. The van der Waals surface area contributed by atoms with E-state index in [-0.39, 0.29) is 11.4 Å². The zero-order valence-corrected chi connectivity index (χ0v) is 12.1. The number of hydrogen-bond donors (Lipinski definition) is 2. The first-order valence-corrected chi connectivity index (χ1v) is 7.08. The van der Waals surface area contributed by atoms with Crippen molar-refractivity contribution in [3.8, 4) is 17.0 Å². The van der Waals surface area contributed by atoms with Crippen LogP contribution in [0, 0.1) is 6.92 Å². The molecule has 0 aliphatic heterocycles. The molecule has 1 aliphatic rings. The first-order valence-electron chi connectivity index (χ1n) is 7.08. The van der Waals surface area contributed by atoms with Gasteiger partial charge < -0.3 is 5.11 Å². The molecule has 1 aromatic carbocycles. The van der Waals surface area contributed by atoms with Gasteiger partial charge in [0.15, 0.2) is 0 Å². The molecule has 0 atom stereocenters. The Morgan fingerprint density at radius 3 is 2.33 bits per heavy atom. The number of hydrogen-bond acceptors (Lipinski definition) is 3. The highest BCUT2D eigenvalue weighted by Crippen LogP contribution is 2.41. The lowest BCUT2D eigenvalue weighted by atomic mass is 9.78. The Hall–Kier alpha value is -2.30. The van der Waals surface area contributed by atoms with Crippen LogP contribution in [-0.2, 0) is 5.54 Å². The minimum absolute atomic E-state index is 0.155. The summed E-state index contributed by atoms with van der Waals surface area (Å²) in [4.78, 5) is 26.5. The fourth-order valence-corrected chi connectivity index (χ4v) is 2.92.